The molecule has 0 heterocycles. The summed E-state index contributed by atoms with van der Waals surface area (Å²) >= 11 is 0. The van der Waals surface area contributed by atoms with E-state index in [4.69, 9.17) is 0 Å². The first-order valence-electron chi connectivity index (χ1n) is 7.56. The van der Waals surface area contributed by atoms with Gasteiger partial charge >= 0.3 is 6.03 Å². The van der Waals surface area contributed by atoms with Gasteiger partial charge in [-0.2, -0.15) is 0 Å². The van der Waals surface area contributed by atoms with Crippen LogP contribution < -0.4 is 10.6 Å². The molecule has 0 aliphatic carbocycles. The number of aryl methyl sites for hydroxylation is 1. The maximum atomic E-state index is 13.4. The van der Waals surface area contributed by atoms with Crippen LogP contribution in [0.25, 0.3) is 0 Å². The lowest BCUT2D eigenvalue weighted by atomic mass is 10.1. The minimum atomic E-state index is -0.343. The molecule has 0 unspecified atom stereocenters. The molecule has 2 amide bonds. The van der Waals surface area contributed by atoms with Gasteiger partial charge in [0, 0.05) is 17.8 Å². The average molecular weight is 300 g/mol. The topological polar surface area (TPSA) is 41.1 Å². The number of nitrogens with one attached hydrogen (secondary N) is 2. The Hall–Kier alpha value is -2.36. The summed E-state index contributed by atoms with van der Waals surface area (Å²) in [7, 11) is 0. The Morgan fingerprint density at radius 3 is 2.50 bits per heavy atom. The number of anilines is 1. The molecule has 0 aliphatic heterocycles. The van der Waals surface area contributed by atoms with Gasteiger partial charge in [0.25, 0.3) is 0 Å². The van der Waals surface area contributed by atoms with Crippen molar-refractivity contribution in [2.24, 2.45) is 0 Å². The summed E-state index contributed by atoms with van der Waals surface area (Å²) in [4.78, 5) is 11.8. The number of carbonyl (C=O) groups is 1. The van der Waals surface area contributed by atoms with Crippen LogP contribution in [-0.4, -0.2) is 6.03 Å². The number of unbranched alkanes of at least 4 members (excludes halogenated alkanes) is 1. The van der Waals surface area contributed by atoms with E-state index < -0.39 is 0 Å². The SMILES string of the molecule is CCCCc1ccc(NC(=O)NCc2ccccc2F)cc1. The molecule has 2 N–H and O–H groups in total. The molecular formula is C18H21FN2O. The van der Waals surface area contributed by atoms with Crippen molar-refractivity contribution in [3.63, 3.8) is 0 Å². The van der Waals surface area contributed by atoms with Crippen molar-refractivity contribution in [3.05, 3.63) is 65.5 Å². The van der Waals surface area contributed by atoms with Gasteiger partial charge in [0.1, 0.15) is 5.82 Å². The summed E-state index contributed by atoms with van der Waals surface area (Å²) in [6.45, 7) is 2.32. The molecule has 0 aliphatic rings. The third-order valence-corrected chi connectivity index (χ3v) is 3.43. The van der Waals surface area contributed by atoms with Gasteiger partial charge in [0.2, 0.25) is 0 Å². The largest absolute Gasteiger partial charge is 0.334 e. The lowest BCUT2D eigenvalue weighted by Gasteiger charge is -2.09. The summed E-state index contributed by atoms with van der Waals surface area (Å²) in [6, 6.07) is 13.9. The Balaban J connectivity index is 1.83. The molecular weight excluding hydrogens is 279 g/mol. The second-order valence-corrected chi connectivity index (χ2v) is 5.20. The molecule has 0 fully saturated rings. The summed E-state index contributed by atoms with van der Waals surface area (Å²) in [6.07, 6.45) is 3.38. The number of carbonyl (C=O) groups excluding carboxylic acids is 1. The van der Waals surface area contributed by atoms with Crippen LogP contribution in [0.3, 0.4) is 0 Å². The van der Waals surface area contributed by atoms with Crippen LogP contribution in [0.4, 0.5) is 14.9 Å². The molecule has 22 heavy (non-hydrogen) atoms. The Kier molecular flexibility index (Phi) is 5.95. The zero-order chi connectivity index (χ0) is 15.8. The third kappa shape index (κ3) is 4.88. The van der Waals surface area contributed by atoms with Gasteiger partial charge in [-0.3, -0.25) is 0 Å². The first kappa shape index (κ1) is 16.0. The monoisotopic (exact) mass is 300 g/mol. The smallest absolute Gasteiger partial charge is 0.319 e. The number of hydrogen-bond acceptors (Lipinski definition) is 1. The van der Waals surface area contributed by atoms with Gasteiger partial charge in [-0.05, 0) is 36.6 Å². The highest BCUT2D eigenvalue weighted by molar-refractivity contribution is 5.89. The lowest BCUT2D eigenvalue weighted by Crippen LogP contribution is -2.28. The molecule has 2 aromatic carbocycles. The van der Waals surface area contributed by atoms with E-state index in [2.05, 4.69) is 17.6 Å². The highest BCUT2D eigenvalue weighted by Gasteiger charge is 2.04. The summed E-state index contributed by atoms with van der Waals surface area (Å²) in [5.74, 6) is -0.317. The molecule has 0 radical (unpaired) electrons. The van der Waals surface area contributed by atoms with Crippen LogP contribution >= 0.6 is 0 Å². The van der Waals surface area contributed by atoms with Crippen molar-refractivity contribution in [2.45, 2.75) is 32.7 Å². The number of urea groups is 1. The van der Waals surface area contributed by atoms with Gasteiger partial charge in [-0.25, -0.2) is 9.18 Å². The van der Waals surface area contributed by atoms with Gasteiger partial charge in [0.15, 0.2) is 0 Å². The fourth-order valence-electron chi connectivity index (χ4n) is 2.13. The third-order valence-electron chi connectivity index (χ3n) is 3.43. The zero-order valence-corrected chi connectivity index (χ0v) is 12.7. The fraction of sp³-hybridized carbons (Fsp3) is 0.278. The summed E-state index contributed by atoms with van der Waals surface area (Å²) < 4.78 is 13.4. The van der Waals surface area contributed by atoms with Crippen molar-refractivity contribution in [2.75, 3.05) is 5.32 Å². The minimum absolute atomic E-state index is 0.160. The highest BCUT2D eigenvalue weighted by atomic mass is 19.1. The first-order valence-corrected chi connectivity index (χ1v) is 7.56. The van der Waals surface area contributed by atoms with E-state index in [1.807, 2.05) is 24.3 Å². The number of amides is 2. The summed E-state index contributed by atoms with van der Waals surface area (Å²) in [5, 5.41) is 5.39. The van der Waals surface area contributed by atoms with Crippen molar-refractivity contribution >= 4 is 11.7 Å². The Morgan fingerprint density at radius 2 is 1.82 bits per heavy atom. The van der Waals surface area contributed by atoms with E-state index >= 15 is 0 Å². The van der Waals surface area contributed by atoms with Crippen LogP contribution in [0.15, 0.2) is 48.5 Å². The fourth-order valence-corrected chi connectivity index (χ4v) is 2.13. The lowest BCUT2D eigenvalue weighted by molar-refractivity contribution is 0.251. The standard InChI is InChI=1S/C18H21FN2O/c1-2-3-6-14-9-11-16(12-10-14)21-18(22)20-13-15-7-4-5-8-17(15)19/h4-5,7-12H,2-3,6,13H2,1H3,(H2,20,21,22). The second-order valence-electron chi connectivity index (χ2n) is 5.20. The molecule has 2 rings (SSSR count). The van der Waals surface area contributed by atoms with E-state index in [9.17, 15) is 9.18 Å². The van der Waals surface area contributed by atoms with Gasteiger partial charge < -0.3 is 10.6 Å². The zero-order valence-electron chi connectivity index (χ0n) is 12.7. The average Bonchev–Trinajstić information content (AvgIpc) is 2.53. The maximum absolute atomic E-state index is 13.4. The molecule has 0 saturated carbocycles. The van der Waals surface area contributed by atoms with Gasteiger partial charge in [0.05, 0.1) is 0 Å². The number of hydrogen-bond donors (Lipinski definition) is 2. The Labute approximate surface area is 130 Å². The number of rotatable bonds is 6. The molecule has 0 bridgehead atoms. The quantitative estimate of drug-likeness (QED) is 0.811. The van der Waals surface area contributed by atoms with Crippen LogP contribution in [0.5, 0.6) is 0 Å². The van der Waals surface area contributed by atoms with Gasteiger partial charge in [-0.15, -0.1) is 0 Å². The first-order chi connectivity index (χ1) is 10.7. The predicted octanol–water partition coefficient (Wildman–Crippen LogP) is 4.49. The Morgan fingerprint density at radius 1 is 1.09 bits per heavy atom. The van der Waals surface area contributed by atoms with E-state index in [1.165, 1.54) is 18.1 Å². The summed E-state index contributed by atoms with van der Waals surface area (Å²) in [5.41, 5.74) is 2.46. The van der Waals surface area contributed by atoms with E-state index in [1.54, 1.807) is 18.2 Å². The van der Waals surface area contributed by atoms with Crippen molar-refractivity contribution in [1.82, 2.24) is 5.32 Å². The minimum Gasteiger partial charge on any atom is -0.334 e. The molecule has 2 aromatic rings. The van der Waals surface area contributed by atoms with E-state index in [0.717, 1.165) is 18.5 Å². The van der Waals surface area contributed by atoms with Crippen LogP contribution in [-0.2, 0) is 13.0 Å². The molecule has 0 atom stereocenters. The van der Waals surface area contributed by atoms with E-state index in [0.29, 0.717) is 5.56 Å². The molecule has 0 aromatic heterocycles. The van der Waals surface area contributed by atoms with Crippen LogP contribution in [0, 0.1) is 5.82 Å². The van der Waals surface area contributed by atoms with Crippen molar-refractivity contribution < 1.29 is 9.18 Å². The van der Waals surface area contributed by atoms with Crippen molar-refractivity contribution in [1.29, 1.82) is 0 Å². The predicted molar refractivity (Wildman–Crippen MR) is 87.3 cm³/mol. The highest BCUT2D eigenvalue weighted by Crippen LogP contribution is 2.12. The second kappa shape index (κ2) is 8.17. The van der Waals surface area contributed by atoms with Crippen LogP contribution in [0.1, 0.15) is 30.9 Å². The van der Waals surface area contributed by atoms with E-state index in [-0.39, 0.29) is 18.4 Å². The van der Waals surface area contributed by atoms with Crippen molar-refractivity contribution in [3.8, 4) is 0 Å². The molecule has 116 valence electrons. The molecule has 4 heteroatoms. The number of benzene rings is 2. The van der Waals surface area contributed by atoms with Gasteiger partial charge in [-0.1, -0.05) is 43.7 Å². The normalized spacial score (nSPS) is 10.3. The molecule has 0 spiro atoms. The maximum Gasteiger partial charge on any atom is 0.319 e. The molecule has 3 nitrogen and oxygen atoms in total. The Bertz CT molecular complexity index is 611. The number of halogens is 1. The molecule has 0 saturated heterocycles. The van der Waals surface area contributed by atoms with Crippen LogP contribution in [0.2, 0.25) is 0 Å².